The summed E-state index contributed by atoms with van der Waals surface area (Å²) in [5, 5.41) is 2.62. The first-order chi connectivity index (χ1) is 15.5. The number of hydrogen-bond acceptors (Lipinski definition) is 0. The standard InChI is InChI=1S/C10H8.3C5H6.3C2H6/c1-2-6-10-8-4-3-7-9(10)5-1;3*1-2-4-5-3-1;3*1-2/h1-8H;3*1-4H,5H2;3*1-2H3. The quantitative estimate of drug-likeness (QED) is 0.400. The molecule has 3 aliphatic rings. The van der Waals surface area contributed by atoms with Crippen LogP contribution in [-0.2, 0) is 0 Å². The first-order valence-electron chi connectivity index (χ1n) is 11.9. The van der Waals surface area contributed by atoms with Crippen LogP contribution in [0.3, 0.4) is 0 Å². The van der Waals surface area contributed by atoms with E-state index in [1.807, 2.05) is 41.5 Å². The smallest absolute Gasteiger partial charge is 0.0163 e. The van der Waals surface area contributed by atoms with Crippen LogP contribution in [0.15, 0.2) is 121 Å². The van der Waals surface area contributed by atoms with Crippen LogP contribution in [0.5, 0.6) is 0 Å². The summed E-state index contributed by atoms with van der Waals surface area (Å²) in [6.45, 7) is 12.0. The topological polar surface area (TPSA) is 0 Å². The summed E-state index contributed by atoms with van der Waals surface area (Å²) in [7, 11) is 0. The Morgan fingerprint density at radius 1 is 0.355 bits per heavy atom. The average Bonchev–Trinajstić information content (AvgIpc) is 3.70. The molecule has 0 nitrogen and oxygen atoms in total. The van der Waals surface area contributed by atoms with Gasteiger partial charge in [-0.05, 0) is 30.0 Å². The maximum atomic E-state index is 2.12. The molecule has 0 saturated heterocycles. The van der Waals surface area contributed by atoms with Crippen LogP contribution in [0.4, 0.5) is 0 Å². The molecule has 0 unspecified atom stereocenters. The van der Waals surface area contributed by atoms with Crippen molar-refractivity contribution in [1.29, 1.82) is 0 Å². The molecule has 0 heteroatoms. The van der Waals surface area contributed by atoms with Gasteiger partial charge in [0.2, 0.25) is 0 Å². The van der Waals surface area contributed by atoms with Crippen molar-refractivity contribution in [1.82, 2.24) is 0 Å². The van der Waals surface area contributed by atoms with Gasteiger partial charge < -0.3 is 0 Å². The molecule has 0 radical (unpaired) electrons. The second-order valence-corrected chi connectivity index (χ2v) is 5.62. The lowest BCUT2D eigenvalue weighted by atomic mass is 10.1. The van der Waals surface area contributed by atoms with Gasteiger partial charge in [0.25, 0.3) is 0 Å². The van der Waals surface area contributed by atoms with Crippen molar-refractivity contribution in [2.45, 2.75) is 60.8 Å². The van der Waals surface area contributed by atoms with E-state index in [2.05, 4.69) is 121 Å². The van der Waals surface area contributed by atoms with Gasteiger partial charge in [-0.1, -0.05) is 163 Å². The zero-order valence-electron chi connectivity index (χ0n) is 20.7. The molecular weight excluding hydrogens is 372 g/mol. The van der Waals surface area contributed by atoms with Gasteiger partial charge in [0, 0.05) is 0 Å². The summed E-state index contributed by atoms with van der Waals surface area (Å²) in [6, 6.07) is 16.7. The van der Waals surface area contributed by atoms with Gasteiger partial charge in [0.1, 0.15) is 0 Å². The molecule has 0 amide bonds. The minimum Gasteiger partial charge on any atom is -0.0808 e. The number of fused-ring (bicyclic) bond motifs is 1. The predicted octanol–water partition coefficient (Wildman–Crippen LogP) is 10.4. The van der Waals surface area contributed by atoms with Crippen molar-refractivity contribution < 1.29 is 0 Å². The normalized spacial score (nSPS) is 12.3. The SMILES string of the molecule is C1=CCC=C1.C1=CCC=C1.C1=CCC=C1.CC.CC.CC.c1ccc2ccccc2c1. The molecule has 31 heavy (non-hydrogen) atoms. The third-order valence-corrected chi connectivity index (χ3v) is 3.63. The van der Waals surface area contributed by atoms with Crippen molar-refractivity contribution in [3.63, 3.8) is 0 Å². The molecule has 2 aromatic carbocycles. The van der Waals surface area contributed by atoms with Gasteiger partial charge in [-0.3, -0.25) is 0 Å². The van der Waals surface area contributed by atoms with E-state index in [-0.39, 0.29) is 0 Å². The van der Waals surface area contributed by atoms with Gasteiger partial charge in [0.05, 0.1) is 0 Å². The summed E-state index contributed by atoms with van der Waals surface area (Å²) in [5.74, 6) is 0. The summed E-state index contributed by atoms with van der Waals surface area (Å²) in [6.07, 6.45) is 28.5. The molecule has 0 bridgehead atoms. The highest BCUT2D eigenvalue weighted by Crippen LogP contribution is 2.11. The summed E-state index contributed by atoms with van der Waals surface area (Å²) in [4.78, 5) is 0. The Morgan fingerprint density at radius 2 is 0.548 bits per heavy atom. The van der Waals surface area contributed by atoms with Gasteiger partial charge in [-0.25, -0.2) is 0 Å². The van der Waals surface area contributed by atoms with E-state index in [0.29, 0.717) is 0 Å². The first-order valence-corrected chi connectivity index (χ1v) is 11.9. The minimum absolute atomic E-state index is 1.14. The van der Waals surface area contributed by atoms with Crippen LogP contribution >= 0.6 is 0 Å². The van der Waals surface area contributed by atoms with Crippen LogP contribution in [0.2, 0.25) is 0 Å². The van der Waals surface area contributed by atoms with Crippen molar-refractivity contribution in [3.8, 4) is 0 Å². The van der Waals surface area contributed by atoms with E-state index in [9.17, 15) is 0 Å². The predicted molar refractivity (Wildman–Crippen MR) is 147 cm³/mol. The number of allylic oxidation sites excluding steroid dienone is 12. The minimum atomic E-state index is 1.14. The highest BCUT2D eigenvalue weighted by molar-refractivity contribution is 5.82. The lowest BCUT2D eigenvalue weighted by Crippen LogP contribution is -1.67. The zero-order chi connectivity index (χ0) is 23.4. The second-order valence-electron chi connectivity index (χ2n) is 5.62. The lowest BCUT2D eigenvalue weighted by molar-refractivity contribution is 1.45. The summed E-state index contributed by atoms with van der Waals surface area (Å²) in [5.41, 5.74) is 0. The molecule has 0 saturated carbocycles. The van der Waals surface area contributed by atoms with E-state index < -0.39 is 0 Å². The Balaban J connectivity index is 0. The van der Waals surface area contributed by atoms with Gasteiger partial charge in [-0.15, -0.1) is 0 Å². The fourth-order valence-electron chi connectivity index (χ4n) is 2.31. The Labute approximate surface area is 193 Å². The molecule has 0 atom stereocenters. The highest BCUT2D eigenvalue weighted by atomic mass is 13.9. The highest BCUT2D eigenvalue weighted by Gasteiger charge is 1.85. The monoisotopic (exact) mass is 416 g/mol. The van der Waals surface area contributed by atoms with E-state index in [1.54, 1.807) is 0 Å². The van der Waals surface area contributed by atoms with Crippen LogP contribution in [0.25, 0.3) is 10.8 Å². The maximum Gasteiger partial charge on any atom is -0.0163 e. The van der Waals surface area contributed by atoms with Gasteiger partial charge >= 0.3 is 0 Å². The molecule has 0 spiro atoms. The van der Waals surface area contributed by atoms with Crippen molar-refractivity contribution in [2.24, 2.45) is 0 Å². The van der Waals surface area contributed by atoms with E-state index in [0.717, 1.165) is 19.3 Å². The Bertz CT molecular complexity index is 635. The largest absolute Gasteiger partial charge is 0.0808 e. The molecular formula is C31H44. The van der Waals surface area contributed by atoms with Crippen LogP contribution in [0, 0.1) is 0 Å². The average molecular weight is 417 g/mol. The fraction of sp³-hybridized carbons (Fsp3) is 0.290. The van der Waals surface area contributed by atoms with Crippen molar-refractivity contribution in [3.05, 3.63) is 121 Å². The molecule has 0 heterocycles. The lowest BCUT2D eigenvalue weighted by Gasteiger charge is -1.92. The first kappa shape index (κ1) is 30.3. The molecule has 0 aromatic heterocycles. The fourth-order valence-corrected chi connectivity index (χ4v) is 2.31. The van der Waals surface area contributed by atoms with E-state index in [1.165, 1.54) is 10.8 Å². The third-order valence-electron chi connectivity index (χ3n) is 3.63. The Kier molecular flexibility index (Phi) is 26.6. The Hall–Kier alpha value is -2.86. The number of rotatable bonds is 0. The van der Waals surface area contributed by atoms with Gasteiger partial charge in [0.15, 0.2) is 0 Å². The molecule has 168 valence electrons. The van der Waals surface area contributed by atoms with Crippen molar-refractivity contribution >= 4 is 10.8 Å². The van der Waals surface area contributed by atoms with Crippen LogP contribution in [-0.4, -0.2) is 0 Å². The molecule has 3 aliphatic carbocycles. The molecule has 5 rings (SSSR count). The third kappa shape index (κ3) is 18.9. The van der Waals surface area contributed by atoms with E-state index >= 15 is 0 Å². The van der Waals surface area contributed by atoms with E-state index in [4.69, 9.17) is 0 Å². The maximum absolute atomic E-state index is 2.12. The zero-order valence-corrected chi connectivity index (χ0v) is 20.7. The molecule has 0 fully saturated rings. The number of benzene rings is 2. The van der Waals surface area contributed by atoms with Gasteiger partial charge in [-0.2, -0.15) is 0 Å². The Morgan fingerprint density at radius 3 is 0.677 bits per heavy atom. The number of hydrogen-bond donors (Lipinski definition) is 0. The molecule has 0 N–H and O–H groups in total. The van der Waals surface area contributed by atoms with Crippen molar-refractivity contribution in [2.75, 3.05) is 0 Å². The van der Waals surface area contributed by atoms with Crippen LogP contribution in [0.1, 0.15) is 60.8 Å². The second kappa shape index (κ2) is 27.1. The summed E-state index contributed by atoms with van der Waals surface area (Å²) < 4.78 is 0. The molecule has 2 aromatic rings. The van der Waals surface area contributed by atoms with Crippen LogP contribution < -0.4 is 0 Å². The summed E-state index contributed by atoms with van der Waals surface area (Å²) >= 11 is 0. The molecule has 0 aliphatic heterocycles.